The van der Waals surface area contributed by atoms with Gasteiger partial charge in [-0.25, -0.2) is 0 Å². The summed E-state index contributed by atoms with van der Waals surface area (Å²) in [6.45, 7) is 0. The summed E-state index contributed by atoms with van der Waals surface area (Å²) < 4.78 is 0. The molecule has 2 unspecified atom stereocenters. The SMILES string of the molecule is O=C(NC1CC2CCC(C1)N2)c1cc(Cl)ccc1Cl. The van der Waals surface area contributed by atoms with E-state index in [9.17, 15) is 4.79 Å². The topological polar surface area (TPSA) is 41.1 Å². The van der Waals surface area contributed by atoms with E-state index in [0.29, 0.717) is 27.7 Å². The minimum Gasteiger partial charge on any atom is -0.349 e. The van der Waals surface area contributed by atoms with Gasteiger partial charge in [-0.2, -0.15) is 0 Å². The average molecular weight is 299 g/mol. The highest BCUT2D eigenvalue weighted by molar-refractivity contribution is 6.35. The third-order valence-corrected chi connectivity index (χ3v) is 4.55. The standard InChI is InChI=1S/C14H16Cl2N2O/c15-8-1-4-13(16)12(5-8)14(19)18-11-6-9-2-3-10(7-11)17-9/h1,4-5,9-11,17H,2-3,6-7H2,(H,18,19). The molecule has 0 aromatic heterocycles. The predicted molar refractivity (Wildman–Crippen MR) is 76.9 cm³/mol. The molecular formula is C14H16Cl2N2O. The lowest BCUT2D eigenvalue weighted by molar-refractivity contribution is 0.0924. The highest BCUT2D eigenvalue weighted by Gasteiger charge is 2.34. The summed E-state index contributed by atoms with van der Waals surface area (Å²) in [6, 6.07) is 6.31. The number of carbonyl (C=O) groups excluding carboxylic acids is 1. The zero-order chi connectivity index (χ0) is 13.4. The Morgan fingerprint density at radius 3 is 2.58 bits per heavy atom. The quantitative estimate of drug-likeness (QED) is 0.881. The minimum absolute atomic E-state index is 0.126. The van der Waals surface area contributed by atoms with Gasteiger partial charge in [-0.05, 0) is 43.9 Å². The highest BCUT2D eigenvalue weighted by Crippen LogP contribution is 2.27. The van der Waals surface area contributed by atoms with Crippen LogP contribution in [0.25, 0.3) is 0 Å². The monoisotopic (exact) mass is 298 g/mol. The fourth-order valence-electron chi connectivity index (χ4n) is 3.11. The smallest absolute Gasteiger partial charge is 0.253 e. The van der Waals surface area contributed by atoms with Gasteiger partial charge < -0.3 is 10.6 Å². The van der Waals surface area contributed by atoms with Crippen LogP contribution in [0.5, 0.6) is 0 Å². The molecule has 2 heterocycles. The molecular weight excluding hydrogens is 283 g/mol. The molecule has 102 valence electrons. The van der Waals surface area contributed by atoms with Crippen LogP contribution in [-0.4, -0.2) is 24.0 Å². The molecule has 3 rings (SSSR count). The van der Waals surface area contributed by atoms with Gasteiger partial charge in [-0.3, -0.25) is 4.79 Å². The van der Waals surface area contributed by atoms with Crippen molar-refractivity contribution >= 4 is 29.1 Å². The number of piperidine rings is 1. The molecule has 0 saturated carbocycles. The maximum atomic E-state index is 12.2. The third kappa shape index (κ3) is 2.88. The molecule has 1 aromatic rings. The van der Waals surface area contributed by atoms with Crippen LogP contribution in [0, 0.1) is 0 Å². The number of rotatable bonds is 2. The number of carbonyl (C=O) groups is 1. The van der Waals surface area contributed by atoms with Gasteiger partial charge in [0.05, 0.1) is 10.6 Å². The summed E-state index contributed by atoms with van der Waals surface area (Å²) in [7, 11) is 0. The molecule has 2 atom stereocenters. The molecule has 5 heteroatoms. The van der Waals surface area contributed by atoms with E-state index in [2.05, 4.69) is 10.6 Å². The zero-order valence-corrected chi connectivity index (χ0v) is 12.0. The van der Waals surface area contributed by atoms with Crippen molar-refractivity contribution in [3.63, 3.8) is 0 Å². The second kappa shape index (κ2) is 5.31. The maximum Gasteiger partial charge on any atom is 0.253 e. The predicted octanol–water partition coefficient (Wildman–Crippen LogP) is 3.01. The molecule has 2 bridgehead atoms. The van der Waals surface area contributed by atoms with Gasteiger partial charge in [-0.15, -0.1) is 0 Å². The van der Waals surface area contributed by atoms with E-state index in [0.717, 1.165) is 12.8 Å². The van der Waals surface area contributed by atoms with E-state index in [1.807, 2.05) is 0 Å². The Balaban J connectivity index is 1.69. The molecule has 2 aliphatic rings. The average Bonchev–Trinajstić information content (AvgIpc) is 2.71. The Labute approximate surface area is 122 Å². The second-order valence-corrected chi connectivity index (χ2v) is 6.25. The summed E-state index contributed by atoms with van der Waals surface area (Å²) in [5.41, 5.74) is 0.458. The Bertz CT molecular complexity index is 494. The molecule has 1 aromatic carbocycles. The second-order valence-electron chi connectivity index (χ2n) is 5.40. The Kier molecular flexibility index (Phi) is 3.70. The van der Waals surface area contributed by atoms with Gasteiger partial charge in [0.15, 0.2) is 0 Å². The van der Waals surface area contributed by atoms with Crippen molar-refractivity contribution in [1.29, 1.82) is 0 Å². The van der Waals surface area contributed by atoms with Gasteiger partial charge in [0.1, 0.15) is 0 Å². The van der Waals surface area contributed by atoms with Crippen LogP contribution in [0.2, 0.25) is 10.0 Å². The first kappa shape index (κ1) is 13.2. The number of hydrogen-bond acceptors (Lipinski definition) is 2. The molecule has 3 nitrogen and oxygen atoms in total. The van der Waals surface area contributed by atoms with Crippen LogP contribution in [0.1, 0.15) is 36.0 Å². The first-order valence-electron chi connectivity index (χ1n) is 6.64. The Morgan fingerprint density at radius 2 is 1.89 bits per heavy atom. The molecule has 1 amide bonds. The molecule has 0 aliphatic carbocycles. The van der Waals surface area contributed by atoms with E-state index in [1.165, 1.54) is 12.8 Å². The lowest BCUT2D eigenvalue weighted by atomic mass is 9.99. The van der Waals surface area contributed by atoms with Crippen molar-refractivity contribution in [3.8, 4) is 0 Å². The van der Waals surface area contributed by atoms with Crippen molar-refractivity contribution < 1.29 is 4.79 Å². The lowest BCUT2D eigenvalue weighted by Gasteiger charge is -2.29. The summed E-state index contributed by atoms with van der Waals surface area (Å²) in [5.74, 6) is -0.126. The fourth-order valence-corrected chi connectivity index (χ4v) is 3.49. The Hall–Kier alpha value is -0.770. The summed E-state index contributed by atoms with van der Waals surface area (Å²) in [6.07, 6.45) is 4.44. The number of nitrogens with one attached hydrogen (secondary N) is 2. The molecule has 2 fully saturated rings. The highest BCUT2D eigenvalue weighted by atomic mass is 35.5. The maximum absolute atomic E-state index is 12.2. The molecule has 0 radical (unpaired) electrons. The van der Waals surface area contributed by atoms with Crippen molar-refractivity contribution in [1.82, 2.24) is 10.6 Å². The largest absolute Gasteiger partial charge is 0.349 e. The number of halogens is 2. The number of hydrogen-bond donors (Lipinski definition) is 2. The van der Waals surface area contributed by atoms with Gasteiger partial charge in [-0.1, -0.05) is 23.2 Å². The van der Waals surface area contributed by atoms with E-state index in [-0.39, 0.29) is 11.9 Å². The van der Waals surface area contributed by atoms with Gasteiger partial charge in [0.25, 0.3) is 5.91 Å². The van der Waals surface area contributed by atoms with E-state index >= 15 is 0 Å². The first-order valence-corrected chi connectivity index (χ1v) is 7.39. The molecule has 2 N–H and O–H groups in total. The zero-order valence-electron chi connectivity index (χ0n) is 10.5. The van der Waals surface area contributed by atoms with E-state index in [1.54, 1.807) is 18.2 Å². The normalized spacial score (nSPS) is 29.3. The third-order valence-electron chi connectivity index (χ3n) is 3.98. The fraction of sp³-hybridized carbons (Fsp3) is 0.500. The molecule has 2 saturated heterocycles. The first-order chi connectivity index (χ1) is 9.11. The number of fused-ring (bicyclic) bond motifs is 2. The number of benzene rings is 1. The van der Waals surface area contributed by atoms with Gasteiger partial charge in [0.2, 0.25) is 0 Å². The van der Waals surface area contributed by atoms with Crippen molar-refractivity contribution in [2.24, 2.45) is 0 Å². The number of amides is 1. The van der Waals surface area contributed by atoms with Crippen LogP contribution in [0.4, 0.5) is 0 Å². The van der Waals surface area contributed by atoms with Gasteiger partial charge >= 0.3 is 0 Å². The van der Waals surface area contributed by atoms with Crippen LogP contribution in [0.3, 0.4) is 0 Å². The summed E-state index contributed by atoms with van der Waals surface area (Å²) in [4.78, 5) is 12.2. The van der Waals surface area contributed by atoms with Crippen LogP contribution in [0.15, 0.2) is 18.2 Å². The van der Waals surface area contributed by atoms with Crippen molar-refractivity contribution in [2.75, 3.05) is 0 Å². The summed E-state index contributed by atoms with van der Waals surface area (Å²) in [5, 5.41) is 7.61. The minimum atomic E-state index is -0.126. The summed E-state index contributed by atoms with van der Waals surface area (Å²) >= 11 is 12.0. The van der Waals surface area contributed by atoms with Crippen LogP contribution in [-0.2, 0) is 0 Å². The van der Waals surface area contributed by atoms with E-state index < -0.39 is 0 Å². The lowest BCUT2D eigenvalue weighted by Crippen LogP contribution is -2.48. The van der Waals surface area contributed by atoms with Gasteiger partial charge in [0, 0.05) is 23.1 Å². The molecule has 19 heavy (non-hydrogen) atoms. The van der Waals surface area contributed by atoms with Crippen LogP contribution >= 0.6 is 23.2 Å². The van der Waals surface area contributed by atoms with Crippen molar-refractivity contribution in [2.45, 2.75) is 43.8 Å². The van der Waals surface area contributed by atoms with E-state index in [4.69, 9.17) is 23.2 Å². The Morgan fingerprint density at radius 1 is 1.21 bits per heavy atom. The molecule has 2 aliphatic heterocycles. The van der Waals surface area contributed by atoms with Crippen LogP contribution < -0.4 is 10.6 Å². The van der Waals surface area contributed by atoms with Crippen molar-refractivity contribution in [3.05, 3.63) is 33.8 Å². The molecule has 0 spiro atoms.